The number of hydrogen-bond acceptors (Lipinski definition) is 4. The van der Waals surface area contributed by atoms with Crippen LogP contribution >= 0.6 is 0 Å². The van der Waals surface area contributed by atoms with E-state index in [0.717, 1.165) is 28.2 Å². The molecule has 0 N–H and O–H groups in total. The Morgan fingerprint density at radius 3 is 2.52 bits per heavy atom. The summed E-state index contributed by atoms with van der Waals surface area (Å²) >= 11 is 0. The van der Waals surface area contributed by atoms with E-state index in [4.69, 9.17) is 9.10 Å². The predicted molar refractivity (Wildman–Crippen MR) is 108 cm³/mol. The van der Waals surface area contributed by atoms with Crippen LogP contribution in [-0.2, 0) is 0 Å². The molecule has 0 radical (unpaired) electrons. The molecule has 0 amide bonds. The zero-order valence-corrected chi connectivity index (χ0v) is 14.5. The SMILES string of the molecule is [2H]C([2H])([2H])N1CN(c2cccc(-c3cccc(-c4ccccc4)n3)c2)c2nccn21. The van der Waals surface area contributed by atoms with Gasteiger partial charge in [0.15, 0.2) is 0 Å². The van der Waals surface area contributed by atoms with Gasteiger partial charge in [-0.3, -0.25) is 9.91 Å². The molecular weight excluding hydrogens is 334 g/mol. The molecule has 132 valence electrons. The molecule has 27 heavy (non-hydrogen) atoms. The van der Waals surface area contributed by atoms with E-state index in [1.165, 1.54) is 5.01 Å². The molecule has 0 atom stereocenters. The fourth-order valence-electron chi connectivity index (χ4n) is 3.33. The highest BCUT2D eigenvalue weighted by Crippen LogP contribution is 2.31. The molecule has 0 spiro atoms. The molecule has 0 aliphatic carbocycles. The van der Waals surface area contributed by atoms with Crippen LogP contribution in [0.3, 0.4) is 0 Å². The molecular formula is C22H19N5. The first-order valence-electron chi connectivity index (χ1n) is 10.2. The van der Waals surface area contributed by atoms with Gasteiger partial charge in [-0.1, -0.05) is 48.5 Å². The Balaban J connectivity index is 1.51. The van der Waals surface area contributed by atoms with Crippen LogP contribution < -0.4 is 9.91 Å². The van der Waals surface area contributed by atoms with Gasteiger partial charge in [0.05, 0.1) is 11.4 Å². The Morgan fingerprint density at radius 2 is 1.67 bits per heavy atom. The maximum Gasteiger partial charge on any atom is 0.230 e. The van der Waals surface area contributed by atoms with E-state index in [2.05, 4.69) is 4.98 Å². The van der Waals surface area contributed by atoms with Crippen molar-refractivity contribution in [3.63, 3.8) is 0 Å². The lowest BCUT2D eigenvalue weighted by atomic mass is 10.1. The van der Waals surface area contributed by atoms with Crippen molar-refractivity contribution in [2.24, 2.45) is 0 Å². The molecule has 2 aromatic heterocycles. The van der Waals surface area contributed by atoms with E-state index in [1.807, 2.05) is 77.7 Å². The number of imidazole rings is 1. The zero-order valence-electron chi connectivity index (χ0n) is 17.5. The third-order valence-corrected chi connectivity index (χ3v) is 4.65. The molecule has 1 aliphatic rings. The van der Waals surface area contributed by atoms with Crippen LogP contribution in [0.25, 0.3) is 22.5 Å². The maximum atomic E-state index is 7.81. The average Bonchev–Trinajstić information content (AvgIpc) is 3.37. The molecule has 5 rings (SSSR count). The number of anilines is 2. The minimum absolute atomic E-state index is 0.195. The number of hydrogen-bond donors (Lipinski definition) is 0. The van der Waals surface area contributed by atoms with Gasteiger partial charge in [0, 0.05) is 40.3 Å². The van der Waals surface area contributed by atoms with Crippen molar-refractivity contribution in [2.75, 3.05) is 23.6 Å². The lowest BCUT2D eigenvalue weighted by Crippen LogP contribution is -2.28. The highest BCUT2D eigenvalue weighted by Gasteiger charge is 2.25. The van der Waals surface area contributed by atoms with Gasteiger partial charge in [-0.05, 0) is 24.3 Å². The highest BCUT2D eigenvalue weighted by atomic mass is 15.7. The van der Waals surface area contributed by atoms with E-state index < -0.39 is 6.98 Å². The number of pyridine rings is 1. The summed E-state index contributed by atoms with van der Waals surface area (Å²) in [7, 11) is 0. The van der Waals surface area contributed by atoms with Crippen molar-refractivity contribution in [1.82, 2.24) is 14.6 Å². The van der Waals surface area contributed by atoms with Gasteiger partial charge in [-0.25, -0.2) is 14.6 Å². The number of nitrogens with zero attached hydrogens (tertiary/aromatic N) is 5. The normalized spacial score (nSPS) is 15.2. The molecule has 0 saturated heterocycles. The first kappa shape index (κ1) is 12.7. The van der Waals surface area contributed by atoms with Crippen LogP contribution in [0.4, 0.5) is 11.6 Å². The summed E-state index contributed by atoms with van der Waals surface area (Å²) in [5.41, 5.74) is 4.64. The lowest BCUT2D eigenvalue weighted by molar-refractivity contribution is 0.738. The maximum absolute atomic E-state index is 7.81. The van der Waals surface area contributed by atoms with E-state index in [9.17, 15) is 0 Å². The van der Waals surface area contributed by atoms with Gasteiger partial charge in [-0.15, -0.1) is 0 Å². The average molecular weight is 356 g/mol. The van der Waals surface area contributed by atoms with Crippen molar-refractivity contribution in [2.45, 2.75) is 0 Å². The smallest absolute Gasteiger partial charge is 0.230 e. The Labute approximate surface area is 162 Å². The van der Waals surface area contributed by atoms with Crippen LogP contribution in [0.1, 0.15) is 4.11 Å². The third kappa shape index (κ3) is 2.73. The summed E-state index contributed by atoms with van der Waals surface area (Å²) in [5, 5.41) is 1.32. The molecule has 4 aromatic rings. The Hall–Kier alpha value is -3.60. The molecule has 0 unspecified atom stereocenters. The van der Waals surface area contributed by atoms with Crippen molar-refractivity contribution < 1.29 is 4.11 Å². The number of aromatic nitrogens is 3. The van der Waals surface area contributed by atoms with E-state index in [0.29, 0.717) is 5.95 Å². The van der Waals surface area contributed by atoms with Crippen LogP contribution in [0, 0.1) is 0 Å². The molecule has 2 aromatic carbocycles. The Morgan fingerprint density at radius 1 is 0.889 bits per heavy atom. The number of fused-ring (bicyclic) bond motifs is 1. The monoisotopic (exact) mass is 356 g/mol. The second kappa shape index (κ2) is 6.29. The van der Waals surface area contributed by atoms with Gasteiger partial charge in [0.2, 0.25) is 5.95 Å². The van der Waals surface area contributed by atoms with E-state index in [1.54, 1.807) is 17.1 Å². The predicted octanol–water partition coefficient (Wildman–Crippen LogP) is 4.29. The first-order chi connectivity index (χ1) is 14.5. The molecule has 5 nitrogen and oxygen atoms in total. The summed E-state index contributed by atoms with van der Waals surface area (Å²) in [6.07, 6.45) is 3.27. The van der Waals surface area contributed by atoms with Gasteiger partial charge in [0.25, 0.3) is 0 Å². The van der Waals surface area contributed by atoms with Gasteiger partial charge < -0.3 is 0 Å². The van der Waals surface area contributed by atoms with Gasteiger partial charge in [-0.2, -0.15) is 0 Å². The van der Waals surface area contributed by atoms with Crippen LogP contribution in [-0.4, -0.2) is 28.3 Å². The second-order valence-electron chi connectivity index (χ2n) is 6.37. The molecule has 0 fully saturated rings. The zero-order chi connectivity index (χ0) is 20.7. The summed E-state index contributed by atoms with van der Waals surface area (Å²) in [6, 6.07) is 23.9. The van der Waals surface area contributed by atoms with Crippen molar-refractivity contribution in [3.05, 3.63) is 85.2 Å². The Kier molecular flexibility index (Phi) is 2.96. The van der Waals surface area contributed by atoms with Crippen molar-refractivity contribution >= 4 is 11.6 Å². The lowest BCUT2D eigenvalue weighted by Gasteiger charge is -2.18. The van der Waals surface area contributed by atoms with Crippen molar-refractivity contribution in [3.8, 4) is 22.5 Å². The number of benzene rings is 2. The van der Waals surface area contributed by atoms with Gasteiger partial charge >= 0.3 is 0 Å². The van der Waals surface area contributed by atoms with E-state index in [-0.39, 0.29) is 6.67 Å². The summed E-state index contributed by atoms with van der Waals surface area (Å²) in [5.74, 6) is 0.578. The highest BCUT2D eigenvalue weighted by molar-refractivity contribution is 5.71. The third-order valence-electron chi connectivity index (χ3n) is 4.65. The minimum atomic E-state index is -2.26. The van der Waals surface area contributed by atoms with Crippen molar-refractivity contribution in [1.29, 1.82) is 0 Å². The largest absolute Gasteiger partial charge is 0.293 e. The fraction of sp³-hybridized carbons (Fsp3) is 0.0909. The van der Waals surface area contributed by atoms with Gasteiger partial charge in [0.1, 0.15) is 6.67 Å². The summed E-state index contributed by atoms with van der Waals surface area (Å²) < 4.78 is 25.0. The topological polar surface area (TPSA) is 37.2 Å². The van der Waals surface area contributed by atoms with E-state index >= 15 is 0 Å². The summed E-state index contributed by atoms with van der Waals surface area (Å²) in [4.78, 5) is 11.1. The standard InChI is InChI=1S/C22H19N5/c1-25-16-26(22-23-13-14-27(22)25)19-10-5-9-18(15-19)21-12-6-11-20(24-21)17-7-3-2-4-8-17/h2-15H,16H2,1H3/i1D3. The molecule has 3 heterocycles. The minimum Gasteiger partial charge on any atom is -0.293 e. The van der Waals surface area contributed by atoms with Crippen LogP contribution in [0.5, 0.6) is 0 Å². The van der Waals surface area contributed by atoms with Crippen LogP contribution in [0.15, 0.2) is 85.2 Å². The molecule has 0 bridgehead atoms. The number of rotatable bonds is 3. The Bertz CT molecular complexity index is 1190. The quantitative estimate of drug-likeness (QED) is 0.549. The molecule has 0 saturated carbocycles. The molecule has 5 heteroatoms. The molecule has 1 aliphatic heterocycles. The fourth-order valence-corrected chi connectivity index (χ4v) is 3.33. The second-order valence-corrected chi connectivity index (χ2v) is 6.37. The first-order valence-corrected chi connectivity index (χ1v) is 8.72. The summed E-state index contributed by atoms with van der Waals surface area (Å²) in [6.45, 7) is -2.06. The van der Waals surface area contributed by atoms with Crippen LogP contribution in [0.2, 0.25) is 0 Å².